The molecule has 1 aliphatic carbocycles. The van der Waals surface area contributed by atoms with E-state index in [2.05, 4.69) is 17.6 Å². The van der Waals surface area contributed by atoms with Gasteiger partial charge < -0.3 is 0 Å². The highest BCUT2D eigenvalue weighted by Crippen LogP contribution is 2.34. The number of nitrogens with one attached hydrogen (secondary N) is 1. The van der Waals surface area contributed by atoms with Crippen LogP contribution >= 0.6 is 0 Å². The maximum atomic E-state index is 12.0. The summed E-state index contributed by atoms with van der Waals surface area (Å²) in [6.45, 7) is 2.01. The van der Waals surface area contributed by atoms with Crippen molar-refractivity contribution in [3.05, 3.63) is 34.9 Å². The average molecular weight is 247 g/mol. The molecule has 0 radical (unpaired) electrons. The smallest absolute Gasteiger partial charge is 0.275 e. The summed E-state index contributed by atoms with van der Waals surface area (Å²) >= 11 is 0. The standard InChI is InChI=1S/C15H21NO2/c1-11-8-9-13(12-6-4-3-5-7-12)14(10-11)15(17)16-18-2/h8-10,12H,3-7H2,1-2H3,(H,16,17). The molecule has 98 valence electrons. The van der Waals surface area contributed by atoms with Crippen molar-refractivity contribution < 1.29 is 9.63 Å². The van der Waals surface area contributed by atoms with Gasteiger partial charge in [0, 0.05) is 5.56 Å². The second kappa shape index (κ2) is 6.01. The molecular weight excluding hydrogens is 226 g/mol. The Labute approximate surface area is 108 Å². The van der Waals surface area contributed by atoms with Gasteiger partial charge in [0.1, 0.15) is 0 Å². The first-order valence-electron chi connectivity index (χ1n) is 6.66. The SMILES string of the molecule is CONC(=O)c1cc(C)ccc1C1CCCCC1. The molecule has 0 aliphatic heterocycles. The maximum absolute atomic E-state index is 12.0. The van der Waals surface area contributed by atoms with Crippen molar-refractivity contribution in [2.24, 2.45) is 0 Å². The minimum atomic E-state index is -0.137. The fourth-order valence-electron chi connectivity index (χ4n) is 2.78. The lowest BCUT2D eigenvalue weighted by molar-refractivity contribution is 0.0536. The van der Waals surface area contributed by atoms with E-state index in [1.54, 1.807) is 0 Å². The quantitative estimate of drug-likeness (QED) is 0.832. The molecule has 1 fully saturated rings. The topological polar surface area (TPSA) is 38.3 Å². The van der Waals surface area contributed by atoms with Crippen molar-refractivity contribution in [1.29, 1.82) is 0 Å². The van der Waals surface area contributed by atoms with Gasteiger partial charge in [-0.2, -0.15) is 0 Å². The molecule has 1 saturated carbocycles. The Morgan fingerprint density at radius 3 is 2.67 bits per heavy atom. The molecule has 0 saturated heterocycles. The third-order valence-electron chi connectivity index (χ3n) is 3.69. The van der Waals surface area contributed by atoms with Crippen molar-refractivity contribution in [3.8, 4) is 0 Å². The second-order valence-corrected chi connectivity index (χ2v) is 5.06. The summed E-state index contributed by atoms with van der Waals surface area (Å²) in [5, 5.41) is 0. The molecule has 18 heavy (non-hydrogen) atoms. The van der Waals surface area contributed by atoms with Gasteiger partial charge in [-0.15, -0.1) is 0 Å². The molecule has 2 rings (SSSR count). The van der Waals surface area contributed by atoms with Crippen LogP contribution in [0, 0.1) is 6.92 Å². The first-order chi connectivity index (χ1) is 8.72. The van der Waals surface area contributed by atoms with Gasteiger partial charge in [0.25, 0.3) is 5.91 Å². The normalized spacial score (nSPS) is 16.6. The van der Waals surface area contributed by atoms with Crippen molar-refractivity contribution in [2.45, 2.75) is 44.9 Å². The van der Waals surface area contributed by atoms with E-state index < -0.39 is 0 Å². The van der Waals surface area contributed by atoms with Gasteiger partial charge in [-0.1, -0.05) is 37.0 Å². The van der Waals surface area contributed by atoms with Gasteiger partial charge in [-0.3, -0.25) is 9.63 Å². The Morgan fingerprint density at radius 2 is 2.00 bits per heavy atom. The third kappa shape index (κ3) is 2.91. The van der Waals surface area contributed by atoms with Crippen LogP contribution in [-0.2, 0) is 4.84 Å². The maximum Gasteiger partial charge on any atom is 0.275 e. The van der Waals surface area contributed by atoms with Crippen LogP contribution in [0.1, 0.15) is 59.5 Å². The molecule has 1 N–H and O–H groups in total. The molecule has 1 aromatic carbocycles. The van der Waals surface area contributed by atoms with Crippen LogP contribution in [0.5, 0.6) is 0 Å². The van der Waals surface area contributed by atoms with Crippen LogP contribution in [-0.4, -0.2) is 13.0 Å². The number of carbonyl (C=O) groups is 1. The summed E-state index contributed by atoms with van der Waals surface area (Å²) in [6.07, 6.45) is 6.24. The zero-order chi connectivity index (χ0) is 13.0. The first-order valence-corrected chi connectivity index (χ1v) is 6.66. The number of aryl methyl sites for hydroxylation is 1. The molecule has 1 aliphatic rings. The fourth-order valence-corrected chi connectivity index (χ4v) is 2.78. The molecule has 0 aromatic heterocycles. The molecular formula is C15H21NO2. The number of carbonyl (C=O) groups excluding carboxylic acids is 1. The summed E-state index contributed by atoms with van der Waals surface area (Å²) in [4.78, 5) is 16.8. The Kier molecular flexibility index (Phi) is 4.37. The van der Waals surface area contributed by atoms with Crippen LogP contribution in [0.2, 0.25) is 0 Å². The molecule has 0 unspecified atom stereocenters. The number of amides is 1. The lowest BCUT2D eigenvalue weighted by atomic mass is 9.81. The summed E-state index contributed by atoms with van der Waals surface area (Å²) in [6, 6.07) is 6.15. The highest BCUT2D eigenvalue weighted by atomic mass is 16.6. The van der Waals surface area contributed by atoms with Gasteiger partial charge in [0.15, 0.2) is 0 Å². The molecule has 1 amide bonds. The fraction of sp³-hybridized carbons (Fsp3) is 0.533. The number of hydroxylamine groups is 1. The predicted molar refractivity (Wildman–Crippen MR) is 71.5 cm³/mol. The van der Waals surface area contributed by atoms with Crippen molar-refractivity contribution in [2.75, 3.05) is 7.11 Å². The lowest BCUT2D eigenvalue weighted by Crippen LogP contribution is -2.24. The van der Waals surface area contributed by atoms with E-state index in [0.29, 0.717) is 5.92 Å². The molecule has 3 nitrogen and oxygen atoms in total. The summed E-state index contributed by atoms with van der Waals surface area (Å²) in [5.74, 6) is 0.388. The van der Waals surface area contributed by atoms with Gasteiger partial charge in [-0.05, 0) is 37.3 Å². The van der Waals surface area contributed by atoms with E-state index in [-0.39, 0.29) is 5.91 Å². The van der Waals surface area contributed by atoms with E-state index >= 15 is 0 Å². The van der Waals surface area contributed by atoms with Crippen molar-refractivity contribution >= 4 is 5.91 Å². The number of rotatable bonds is 3. The van der Waals surface area contributed by atoms with E-state index in [0.717, 1.165) is 11.1 Å². The van der Waals surface area contributed by atoms with E-state index in [1.165, 1.54) is 44.8 Å². The number of hydrogen-bond acceptors (Lipinski definition) is 2. The average Bonchev–Trinajstić information content (AvgIpc) is 2.40. The number of benzene rings is 1. The van der Waals surface area contributed by atoms with Crippen LogP contribution in [0.4, 0.5) is 0 Å². The molecule has 3 heteroatoms. The largest absolute Gasteiger partial charge is 0.277 e. The molecule has 0 heterocycles. The molecule has 0 spiro atoms. The van der Waals surface area contributed by atoms with E-state index in [1.807, 2.05) is 13.0 Å². The Balaban J connectivity index is 2.30. The van der Waals surface area contributed by atoms with Crippen LogP contribution in [0.25, 0.3) is 0 Å². The Morgan fingerprint density at radius 1 is 1.28 bits per heavy atom. The predicted octanol–water partition coefficient (Wildman–Crippen LogP) is 3.33. The van der Waals surface area contributed by atoms with Crippen LogP contribution in [0.3, 0.4) is 0 Å². The zero-order valence-corrected chi connectivity index (χ0v) is 11.2. The second-order valence-electron chi connectivity index (χ2n) is 5.06. The molecule has 0 atom stereocenters. The van der Waals surface area contributed by atoms with Gasteiger partial charge in [-0.25, -0.2) is 5.48 Å². The van der Waals surface area contributed by atoms with Gasteiger partial charge >= 0.3 is 0 Å². The highest BCUT2D eigenvalue weighted by molar-refractivity contribution is 5.95. The van der Waals surface area contributed by atoms with Crippen LogP contribution in [0.15, 0.2) is 18.2 Å². The Bertz CT molecular complexity index is 423. The van der Waals surface area contributed by atoms with E-state index in [9.17, 15) is 4.79 Å². The first kappa shape index (κ1) is 13.1. The molecule has 0 bridgehead atoms. The minimum Gasteiger partial charge on any atom is -0.277 e. The summed E-state index contributed by atoms with van der Waals surface area (Å²) in [7, 11) is 1.47. The van der Waals surface area contributed by atoms with Gasteiger partial charge in [0.05, 0.1) is 7.11 Å². The highest BCUT2D eigenvalue weighted by Gasteiger charge is 2.21. The summed E-state index contributed by atoms with van der Waals surface area (Å²) < 4.78 is 0. The Hall–Kier alpha value is -1.35. The van der Waals surface area contributed by atoms with Gasteiger partial charge in [0.2, 0.25) is 0 Å². The number of hydrogen-bond donors (Lipinski definition) is 1. The summed E-state index contributed by atoms with van der Waals surface area (Å²) in [5.41, 5.74) is 5.48. The van der Waals surface area contributed by atoms with Crippen molar-refractivity contribution in [3.63, 3.8) is 0 Å². The third-order valence-corrected chi connectivity index (χ3v) is 3.69. The lowest BCUT2D eigenvalue weighted by Gasteiger charge is -2.24. The van der Waals surface area contributed by atoms with Crippen molar-refractivity contribution in [1.82, 2.24) is 5.48 Å². The monoisotopic (exact) mass is 247 g/mol. The zero-order valence-electron chi connectivity index (χ0n) is 11.2. The van der Waals surface area contributed by atoms with Crippen LogP contribution < -0.4 is 5.48 Å². The molecule has 1 aromatic rings. The van der Waals surface area contributed by atoms with E-state index in [4.69, 9.17) is 4.84 Å². The minimum absolute atomic E-state index is 0.137.